The SMILES string of the molecule is COc1cc(C2C3=CCC4C(=O)N(c5cc([N+](=O)[O-])c(N(C)C)c([N+](=O)[O-])c5)C(=O)C4C3CC3=C2C(=O)C=C(Br)C3=O)cc(OC)c1O. The highest BCUT2D eigenvalue weighted by Crippen LogP contribution is 2.57. The Labute approximate surface area is 280 Å². The number of ether oxygens (including phenoxy) is 2. The zero-order valence-electron chi connectivity index (χ0n) is 25.9. The summed E-state index contributed by atoms with van der Waals surface area (Å²) in [5.74, 6) is -6.23. The van der Waals surface area contributed by atoms with Crippen molar-refractivity contribution in [1.29, 1.82) is 0 Å². The number of carbonyl (C=O) groups excluding carboxylic acids is 4. The first-order chi connectivity index (χ1) is 22.7. The number of nitro benzene ring substituents is 2. The second-order valence-corrected chi connectivity index (χ2v) is 12.8. The van der Waals surface area contributed by atoms with E-state index in [0.29, 0.717) is 11.1 Å². The molecule has 48 heavy (non-hydrogen) atoms. The van der Waals surface area contributed by atoms with Crippen molar-refractivity contribution < 1.29 is 43.6 Å². The average Bonchev–Trinajstić information content (AvgIpc) is 3.31. The van der Waals surface area contributed by atoms with Crippen LogP contribution in [0, 0.1) is 38.0 Å². The van der Waals surface area contributed by atoms with Gasteiger partial charge in [0.05, 0.1) is 46.1 Å². The second kappa shape index (κ2) is 11.7. The number of rotatable bonds is 7. The number of phenolic OH excluding ortho intramolecular Hbond substituents is 1. The van der Waals surface area contributed by atoms with Crippen molar-refractivity contribution in [3.63, 3.8) is 0 Å². The summed E-state index contributed by atoms with van der Waals surface area (Å²) in [5, 5.41) is 34.6. The third-order valence-corrected chi connectivity index (χ3v) is 9.91. The highest BCUT2D eigenvalue weighted by molar-refractivity contribution is 9.12. The number of ketones is 2. The lowest BCUT2D eigenvalue weighted by Gasteiger charge is -2.42. The van der Waals surface area contributed by atoms with Crippen LogP contribution in [0.25, 0.3) is 0 Å². The number of aromatic hydroxyl groups is 1. The van der Waals surface area contributed by atoms with E-state index in [2.05, 4.69) is 15.9 Å². The van der Waals surface area contributed by atoms with Crippen LogP contribution in [-0.4, -0.2) is 66.6 Å². The van der Waals surface area contributed by atoms with Crippen molar-refractivity contribution in [1.82, 2.24) is 0 Å². The fourth-order valence-electron chi connectivity index (χ4n) is 7.38. The molecule has 1 fully saturated rings. The van der Waals surface area contributed by atoms with E-state index in [9.17, 15) is 44.5 Å². The van der Waals surface area contributed by atoms with Gasteiger partial charge in [0, 0.05) is 49.4 Å². The minimum absolute atomic E-state index is 0.0294. The molecule has 0 radical (unpaired) electrons. The number of fused-ring (bicyclic) bond motifs is 3. The highest BCUT2D eigenvalue weighted by atomic mass is 79.9. The Morgan fingerprint density at radius 2 is 1.52 bits per heavy atom. The zero-order chi connectivity index (χ0) is 34.9. The van der Waals surface area contributed by atoms with Crippen LogP contribution in [0.15, 0.2) is 57.6 Å². The van der Waals surface area contributed by atoms with Gasteiger partial charge in [0.15, 0.2) is 28.8 Å². The van der Waals surface area contributed by atoms with Gasteiger partial charge in [-0.05, 0) is 52.4 Å². The van der Waals surface area contributed by atoms with Crippen LogP contribution in [0.4, 0.5) is 22.7 Å². The summed E-state index contributed by atoms with van der Waals surface area (Å²) < 4.78 is 10.7. The Morgan fingerprint density at radius 1 is 0.938 bits per heavy atom. The summed E-state index contributed by atoms with van der Waals surface area (Å²) in [4.78, 5) is 79.7. The molecule has 2 aromatic rings. The van der Waals surface area contributed by atoms with E-state index in [1.54, 1.807) is 6.08 Å². The van der Waals surface area contributed by atoms with E-state index in [-0.39, 0.29) is 57.1 Å². The van der Waals surface area contributed by atoms with Gasteiger partial charge in [0.1, 0.15) is 0 Å². The number of hydrogen-bond donors (Lipinski definition) is 1. The minimum atomic E-state index is -1.06. The highest BCUT2D eigenvalue weighted by Gasteiger charge is 2.57. The maximum atomic E-state index is 14.3. The molecule has 1 N–H and O–H groups in total. The number of nitrogens with zero attached hydrogens (tertiary/aromatic N) is 4. The molecule has 16 heteroatoms. The fraction of sp³-hybridized carbons (Fsp3) is 0.312. The van der Waals surface area contributed by atoms with Crippen LogP contribution >= 0.6 is 15.9 Å². The standard InChI is InChI=1S/C32H27BrN4O11/c1-34(2)28-20(36(43)44)9-14(10-21(28)37(45)46)35-31(41)16-6-5-15-17(26(16)32(35)42)11-18-27(22(38)12-19(33)29(18)39)25(15)13-7-23(47-3)30(40)24(8-13)48-4/h5,7-10,12,16-17,25-26,40H,6,11H2,1-4H3. The first-order valence-electron chi connectivity index (χ1n) is 14.6. The van der Waals surface area contributed by atoms with Gasteiger partial charge >= 0.3 is 11.4 Å². The Kier molecular flexibility index (Phi) is 7.93. The lowest BCUT2D eigenvalue weighted by Crippen LogP contribution is -2.39. The van der Waals surface area contributed by atoms with Crippen molar-refractivity contribution in [2.45, 2.75) is 18.8 Å². The third kappa shape index (κ3) is 4.77. The second-order valence-electron chi connectivity index (χ2n) is 11.9. The van der Waals surface area contributed by atoms with Crippen LogP contribution in [0.1, 0.15) is 24.3 Å². The predicted molar refractivity (Wildman–Crippen MR) is 172 cm³/mol. The molecule has 2 aromatic carbocycles. The van der Waals surface area contributed by atoms with Crippen molar-refractivity contribution in [3.8, 4) is 17.2 Å². The van der Waals surface area contributed by atoms with Gasteiger partial charge in [-0.25, -0.2) is 4.90 Å². The average molecular weight is 723 g/mol. The molecule has 15 nitrogen and oxygen atoms in total. The molecule has 2 amide bonds. The summed E-state index contributed by atoms with van der Waals surface area (Å²) in [6.45, 7) is 0. The molecule has 1 heterocycles. The molecule has 1 saturated heterocycles. The Morgan fingerprint density at radius 3 is 2.04 bits per heavy atom. The molecule has 0 saturated carbocycles. The van der Waals surface area contributed by atoms with Gasteiger partial charge < -0.3 is 19.5 Å². The fourth-order valence-corrected chi connectivity index (χ4v) is 7.82. The summed E-state index contributed by atoms with van der Waals surface area (Å²) in [6, 6.07) is 4.95. The number of imide groups is 1. The molecule has 4 aliphatic rings. The summed E-state index contributed by atoms with van der Waals surface area (Å²) in [7, 11) is 5.47. The Hall–Kier alpha value is -5.38. The van der Waals surface area contributed by atoms with Crippen LogP contribution in [0.2, 0.25) is 0 Å². The number of carbonyl (C=O) groups is 4. The number of halogens is 1. The van der Waals surface area contributed by atoms with Gasteiger partial charge in [-0.1, -0.05) is 11.6 Å². The number of hydrogen-bond acceptors (Lipinski definition) is 12. The predicted octanol–water partition coefficient (Wildman–Crippen LogP) is 4.26. The Bertz CT molecular complexity index is 1920. The number of anilines is 2. The number of Topliss-reactive ketones (excluding diaryl/α,β-unsaturated/α-hetero) is 1. The zero-order valence-corrected chi connectivity index (χ0v) is 27.5. The number of phenols is 1. The van der Waals surface area contributed by atoms with E-state index < -0.39 is 68.3 Å². The molecule has 4 atom stereocenters. The normalized spacial score (nSPS) is 23.2. The van der Waals surface area contributed by atoms with Crippen LogP contribution in [0.3, 0.4) is 0 Å². The van der Waals surface area contributed by atoms with Crippen LogP contribution < -0.4 is 19.3 Å². The number of allylic oxidation sites excluding steroid dienone is 6. The minimum Gasteiger partial charge on any atom is -0.502 e. The first kappa shape index (κ1) is 32.6. The third-order valence-electron chi connectivity index (χ3n) is 9.32. The van der Waals surface area contributed by atoms with Crippen molar-refractivity contribution in [2.24, 2.45) is 17.8 Å². The molecule has 0 spiro atoms. The molecule has 0 aromatic heterocycles. The van der Waals surface area contributed by atoms with Gasteiger partial charge in [-0.3, -0.25) is 39.4 Å². The summed E-state index contributed by atoms with van der Waals surface area (Å²) in [6.07, 6.45) is 2.92. The molecule has 3 aliphatic carbocycles. The van der Waals surface area contributed by atoms with E-state index in [1.807, 2.05) is 0 Å². The van der Waals surface area contributed by atoms with Crippen LogP contribution in [-0.2, 0) is 19.2 Å². The number of benzene rings is 2. The van der Waals surface area contributed by atoms with Gasteiger partial charge in [0.2, 0.25) is 17.6 Å². The summed E-state index contributed by atoms with van der Waals surface area (Å²) >= 11 is 3.17. The topological polar surface area (TPSA) is 200 Å². The van der Waals surface area contributed by atoms with Crippen molar-refractivity contribution >= 4 is 62.1 Å². The smallest absolute Gasteiger partial charge is 0.301 e. The number of nitro groups is 2. The first-order valence-corrected chi connectivity index (χ1v) is 15.4. The van der Waals surface area contributed by atoms with Gasteiger partial charge in [-0.15, -0.1) is 0 Å². The number of methoxy groups -OCH3 is 2. The molecular formula is C32H27BrN4O11. The van der Waals surface area contributed by atoms with Crippen LogP contribution in [0.5, 0.6) is 17.2 Å². The molecule has 0 bridgehead atoms. The lowest BCUT2D eigenvalue weighted by atomic mass is 9.59. The molecule has 1 aliphatic heterocycles. The maximum Gasteiger partial charge on any atom is 0.301 e. The summed E-state index contributed by atoms with van der Waals surface area (Å²) in [5.41, 5.74) is -0.613. The monoisotopic (exact) mass is 722 g/mol. The van der Waals surface area contributed by atoms with Crippen molar-refractivity contribution in [2.75, 3.05) is 38.1 Å². The van der Waals surface area contributed by atoms with Gasteiger partial charge in [-0.2, -0.15) is 0 Å². The Balaban J connectivity index is 1.51. The van der Waals surface area contributed by atoms with Gasteiger partial charge in [0.25, 0.3) is 0 Å². The lowest BCUT2D eigenvalue weighted by molar-refractivity contribution is -0.392. The van der Waals surface area contributed by atoms with E-state index in [0.717, 1.165) is 17.0 Å². The quantitative estimate of drug-likeness (QED) is 0.140. The van der Waals surface area contributed by atoms with E-state index in [4.69, 9.17) is 9.47 Å². The molecule has 4 unspecified atom stereocenters. The van der Waals surface area contributed by atoms with E-state index >= 15 is 0 Å². The maximum absolute atomic E-state index is 14.3. The van der Waals surface area contributed by atoms with Crippen molar-refractivity contribution in [3.05, 3.63) is 83.4 Å². The molecule has 248 valence electrons. The molecular weight excluding hydrogens is 696 g/mol. The number of amides is 2. The van der Waals surface area contributed by atoms with E-state index in [1.165, 1.54) is 51.4 Å². The largest absolute Gasteiger partial charge is 0.502 e. The molecule has 6 rings (SSSR count).